The Balaban J connectivity index is 2.20. The molecule has 2 rings (SSSR count). The summed E-state index contributed by atoms with van der Waals surface area (Å²) in [5.41, 5.74) is 8.80. The van der Waals surface area contributed by atoms with Crippen LogP contribution in [0.5, 0.6) is 0 Å². The number of hydrogen-bond donors (Lipinski definition) is 1. The molecular weight excluding hydrogens is 252 g/mol. The first kappa shape index (κ1) is 14.3. The van der Waals surface area contributed by atoms with Gasteiger partial charge in [0.05, 0.1) is 0 Å². The Morgan fingerprint density at radius 3 is 2.63 bits per heavy atom. The summed E-state index contributed by atoms with van der Waals surface area (Å²) >= 11 is 1.80. The molecule has 0 spiro atoms. The van der Waals surface area contributed by atoms with Crippen LogP contribution >= 0.6 is 11.3 Å². The van der Waals surface area contributed by atoms with Gasteiger partial charge in [0, 0.05) is 23.5 Å². The lowest BCUT2D eigenvalue weighted by atomic mass is 9.98. The summed E-state index contributed by atoms with van der Waals surface area (Å²) in [6.45, 7) is 5.15. The van der Waals surface area contributed by atoms with E-state index in [-0.39, 0.29) is 12.1 Å². The first-order chi connectivity index (χ1) is 9.08. The number of likely N-dealkylation sites (N-methyl/N-ethyl adjacent to an activating group) is 1. The molecule has 0 bridgehead atoms. The van der Waals surface area contributed by atoms with Crippen LogP contribution in [0.15, 0.2) is 41.8 Å². The zero-order valence-electron chi connectivity index (χ0n) is 11.8. The topological polar surface area (TPSA) is 29.3 Å². The fourth-order valence-corrected chi connectivity index (χ4v) is 3.33. The van der Waals surface area contributed by atoms with E-state index in [0.29, 0.717) is 0 Å². The lowest BCUT2D eigenvalue weighted by Gasteiger charge is -2.31. The number of nitrogens with two attached hydrogens (primary N) is 1. The smallest absolute Gasteiger partial charge is 0.0497 e. The van der Waals surface area contributed by atoms with Crippen LogP contribution in [-0.4, -0.2) is 18.0 Å². The molecule has 1 aromatic carbocycles. The van der Waals surface area contributed by atoms with Crippen LogP contribution in [0, 0.1) is 6.92 Å². The maximum Gasteiger partial charge on any atom is 0.0497 e. The summed E-state index contributed by atoms with van der Waals surface area (Å²) in [6, 6.07) is 13.3. The highest BCUT2D eigenvalue weighted by Gasteiger charge is 2.21. The molecule has 0 radical (unpaired) electrons. The molecule has 0 aliphatic carbocycles. The van der Waals surface area contributed by atoms with Crippen LogP contribution in [0.3, 0.4) is 0 Å². The van der Waals surface area contributed by atoms with E-state index in [0.717, 1.165) is 6.54 Å². The highest BCUT2D eigenvalue weighted by atomic mass is 32.1. The van der Waals surface area contributed by atoms with E-state index in [1.165, 1.54) is 16.0 Å². The number of thiophene rings is 1. The molecule has 2 N–H and O–H groups in total. The predicted molar refractivity (Wildman–Crippen MR) is 83.4 cm³/mol. The van der Waals surface area contributed by atoms with Crippen LogP contribution in [0.4, 0.5) is 0 Å². The normalized spacial score (nSPS) is 14.6. The van der Waals surface area contributed by atoms with Crippen molar-refractivity contribution in [1.82, 2.24) is 4.90 Å². The Labute approximate surface area is 119 Å². The third kappa shape index (κ3) is 3.66. The van der Waals surface area contributed by atoms with Crippen molar-refractivity contribution in [3.8, 4) is 0 Å². The SMILES string of the molecule is Cc1cccc(C(C(C)N)N(C)Cc2cccs2)c1. The predicted octanol–water partition coefficient (Wildman–Crippen LogP) is 3.58. The maximum absolute atomic E-state index is 6.21. The van der Waals surface area contributed by atoms with Gasteiger partial charge in [0.2, 0.25) is 0 Å². The van der Waals surface area contributed by atoms with Crippen LogP contribution in [0.25, 0.3) is 0 Å². The Morgan fingerprint density at radius 1 is 1.26 bits per heavy atom. The van der Waals surface area contributed by atoms with E-state index < -0.39 is 0 Å². The molecule has 2 unspecified atom stereocenters. The third-order valence-corrected chi connectivity index (χ3v) is 4.20. The van der Waals surface area contributed by atoms with Gasteiger partial charge < -0.3 is 5.73 Å². The highest BCUT2D eigenvalue weighted by molar-refractivity contribution is 7.09. The van der Waals surface area contributed by atoms with Gasteiger partial charge in [-0.2, -0.15) is 0 Å². The number of rotatable bonds is 5. The Bertz CT molecular complexity index is 505. The van der Waals surface area contributed by atoms with Crippen molar-refractivity contribution in [2.75, 3.05) is 7.05 Å². The minimum absolute atomic E-state index is 0.103. The molecule has 0 aliphatic heterocycles. The fourth-order valence-electron chi connectivity index (χ4n) is 2.56. The van der Waals surface area contributed by atoms with E-state index in [1.807, 2.05) is 0 Å². The monoisotopic (exact) mass is 274 g/mol. The molecule has 0 saturated heterocycles. The first-order valence-corrected chi connectivity index (χ1v) is 7.50. The molecule has 0 fully saturated rings. The molecule has 0 saturated carbocycles. The minimum atomic E-state index is 0.103. The minimum Gasteiger partial charge on any atom is -0.326 e. The van der Waals surface area contributed by atoms with E-state index in [1.54, 1.807) is 11.3 Å². The van der Waals surface area contributed by atoms with E-state index >= 15 is 0 Å². The molecule has 1 heterocycles. The zero-order valence-corrected chi connectivity index (χ0v) is 12.7. The van der Waals surface area contributed by atoms with Gasteiger partial charge in [-0.1, -0.05) is 35.9 Å². The average molecular weight is 274 g/mol. The molecule has 19 heavy (non-hydrogen) atoms. The van der Waals surface area contributed by atoms with Gasteiger partial charge in [-0.3, -0.25) is 4.90 Å². The fraction of sp³-hybridized carbons (Fsp3) is 0.375. The van der Waals surface area contributed by atoms with E-state index in [9.17, 15) is 0 Å². The van der Waals surface area contributed by atoms with Crippen molar-refractivity contribution in [2.24, 2.45) is 5.73 Å². The van der Waals surface area contributed by atoms with E-state index in [2.05, 4.69) is 67.6 Å². The molecule has 2 nitrogen and oxygen atoms in total. The number of nitrogens with zero attached hydrogens (tertiary/aromatic N) is 1. The second-order valence-corrected chi connectivity index (χ2v) is 6.24. The molecule has 2 atom stereocenters. The van der Waals surface area contributed by atoms with Gasteiger partial charge in [-0.25, -0.2) is 0 Å². The molecule has 1 aromatic heterocycles. The third-order valence-electron chi connectivity index (χ3n) is 3.34. The van der Waals surface area contributed by atoms with Crippen LogP contribution in [0.2, 0.25) is 0 Å². The van der Waals surface area contributed by atoms with Gasteiger partial charge in [0.25, 0.3) is 0 Å². The second kappa shape index (κ2) is 6.33. The summed E-state index contributed by atoms with van der Waals surface area (Å²) in [6.07, 6.45) is 0. The van der Waals surface area contributed by atoms with Gasteiger partial charge in [0.15, 0.2) is 0 Å². The van der Waals surface area contributed by atoms with Crippen molar-refractivity contribution in [1.29, 1.82) is 0 Å². The summed E-state index contributed by atoms with van der Waals surface area (Å²) in [5, 5.41) is 2.12. The van der Waals surface area contributed by atoms with Gasteiger partial charge in [-0.15, -0.1) is 11.3 Å². The lowest BCUT2D eigenvalue weighted by Crippen LogP contribution is -2.36. The molecular formula is C16H22N2S. The van der Waals surface area contributed by atoms with Crippen LogP contribution in [-0.2, 0) is 6.54 Å². The van der Waals surface area contributed by atoms with Crippen LogP contribution in [0.1, 0.15) is 29.0 Å². The van der Waals surface area contributed by atoms with Crippen molar-refractivity contribution in [3.05, 3.63) is 57.8 Å². The Hall–Kier alpha value is -1.16. The standard InChI is InChI=1S/C16H22N2S/c1-12-6-4-7-14(10-12)16(13(2)17)18(3)11-15-8-5-9-19-15/h4-10,13,16H,11,17H2,1-3H3. The molecule has 0 aliphatic rings. The largest absolute Gasteiger partial charge is 0.326 e. The van der Waals surface area contributed by atoms with Crippen molar-refractivity contribution >= 4 is 11.3 Å². The molecule has 0 amide bonds. The Kier molecular flexibility index (Phi) is 4.75. The zero-order chi connectivity index (χ0) is 13.8. The quantitative estimate of drug-likeness (QED) is 0.903. The first-order valence-electron chi connectivity index (χ1n) is 6.62. The van der Waals surface area contributed by atoms with E-state index in [4.69, 9.17) is 5.73 Å². The van der Waals surface area contributed by atoms with Crippen molar-refractivity contribution in [3.63, 3.8) is 0 Å². The number of aryl methyl sites for hydroxylation is 1. The van der Waals surface area contributed by atoms with Crippen LogP contribution < -0.4 is 5.73 Å². The summed E-state index contributed by atoms with van der Waals surface area (Å²) in [7, 11) is 2.15. The number of benzene rings is 1. The maximum atomic E-state index is 6.21. The average Bonchev–Trinajstić information content (AvgIpc) is 2.81. The summed E-state index contributed by atoms with van der Waals surface area (Å²) in [4.78, 5) is 3.71. The highest BCUT2D eigenvalue weighted by Crippen LogP contribution is 2.25. The van der Waals surface area contributed by atoms with Gasteiger partial charge in [-0.05, 0) is 37.9 Å². The van der Waals surface area contributed by atoms with Crippen molar-refractivity contribution < 1.29 is 0 Å². The lowest BCUT2D eigenvalue weighted by molar-refractivity contribution is 0.212. The summed E-state index contributed by atoms with van der Waals surface area (Å²) in [5.74, 6) is 0. The molecule has 3 heteroatoms. The number of hydrogen-bond acceptors (Lipinski definition) is 3. The molecule has 2 aromatic rings. The van der Waals surface area contributed by atoms with Gasteiger partial charge in [0.1, 0.15) is 0 Å². The van der Waals surface area contributed by atoms with Crippen molar-refractivity contribution in [2.45, 2.75) is 32.5 Å². The Morgan fingerprint density at radius 2 is 2.05 bits per heavy atom. The van der Waals surface area contributed by atoms with Gasteiger partial charge >= 0.3 is 0 Å². The summed E-state index contributed by atoms with van der Waals surface area (Å²) < 4.78 is 0. The second-order valence-electron chi connectivity index (χ2n) is 5.21. The molecule has 102 valence electrons.